The van der Waals surface area contributed by atoms with E-state index in [-0.39, 0.29) is 0 Å². The zero-order valence-electron chi connectivity index (χ0n) is 11.1. The van der Waals surface area contributed by atoms with Crippen molar-refractivity contribution < 1.29 is 9.47 Å². The third-order valence-electron chi connectivity index (χ3n) is 2.18. The molecular formula is C13H21N3O2. The smallest absolute Gasteiger partial charge is 0.218 e. The third kappa shape index (κ3) is 5.14. The van der Waals surface area contributed by atoms with Gasteiger partial charge in [0.2, 0.25) is 5.88 Å². The lowest BCUT2D eigenvalue weighted by molar-refractivity contribution is 0.176. The van der Waals surface area contributed by atoms with Gasteiger partial charge in [0.15, 0.2) is 5.82 Å². The van der Waals surface area contributed by atoms with E-state index in [0.29, 0.717) is 24.9 Å². The maximum atomic E-state index is 5.59. The molecule has 1 aromatic heterocycles. The van der Waals surface area contributed by atoms with Gasteiger partial charge in [0, 0.05) is 19.7 Å². The molecular weight excluding hydrogens is 230 g/mol. The Morgan fingerprint density at radius 2 is 2.28 bits per heavy atom. The molecule has 0 aromatic carbocycles. The number of ether oxygens (including phenoxy) is 2. The zero-order chi connectivity index (χ0) is 13.2. The second-order valence-electron chi connectivity index (χ2n) is 3.75. The van der Waals surface area contributed by atoms with Crippen LogP contribution in [0.3, 0.4) is 0 Å². The van der Waals surface area contributed by atoms with Crippen LogP contribution < -0.4 is 10.1 Å². The van der Waals surface area contributed by atoms with E-state index < -0.39 is 0 Å². The average Bonchev–Trinajstić information content (AvgIpc) is 2.35. The molecule has 0 radical (unpaired) electrons. The summed E-state index contributed by atoms with van der Waals surface area (Å²) in [5.41, 5.74) is 0. The van der Waals surface area contributed by atoms with Crippen LogP contribution in [0.1, 0.15) is 25.6 Å². The summed E-state index contributed by atoms with van der Waals surface area (Å²) in [7, 11) is 1.62. The minimum Gasteiger partial charge on any atom is -0.478 e. The number of allylic oxidation sites excluding steroid dienone is 1. The normalized spacial score (nSPS) is 10.1. The fourth-order valence-corrected chi connectivity index (χ4v) is 1.42. The van der Waals surface area contributed by atoms with Gasteiger partial charge in [-0.3, -0.25) is 0 Å². The Morgan fingerprint density at radius 1 is 1.44 bits per heavy atom. The molecule has 0 unspecified atom stereocenters. The van der Waals surface area contributed by atoms with Crippen molar-refractivity contribution in [3.8, 4) is 5.88 Å². The second-order valence-corrected chi connectivity index (χ2v) is 3.75. The summed E-state index contributed by atoms with van der Waals surface area (Å²) >= 11 is 0. The van der Waals surface area contributed by atoms with Crippen LogP contribution in [0, 0.1) is 0 Å². The molecule has 0 bridgehead atoms. The Kier molecular flexibility index (Phi) is 6.79. The molecule has 1 N–H and O–H groups in total. The predicted octanol–water partition coefficient (Wildman–Crippen LogP) is 2.40. The van der Waals surface area contributed by atoms with E-state index in [2.05, 4.69) is 21.9 Å². The lowest BCUT2D eigenvalue weighted by Gasteiger charge is -2.09. The highest BCUT2D eigenvalue weighted by Crippen LogP contribution is 2.14. The van der Waals surface area contributed by atoms with Crippen molar-refractivity contribution in [3.05, 3.63) is 24.5 Å². The Labute approximate surface area is 108 Å². The fraction of sp³-hybridized carbons (Fsp3) is 0.538. The zero-order valence-corrected chi connectivity index (χ0v) is 11.1. The predicted molar refractivity (Wildman–Crippen MR) is 71.8 cm³/mol. The van der Waals surface area contributed by atoms with Gasteiger partial charge in [0.25, 0.3) is 0 Å². The molecule has 0 spiro atoms. The highest BCUT2D eigenvalue weighted by Gasteiger charge is 2.05. The molecule has 0 saturated heterocycles. The van der Waals surface area contributed by atoms with Crippen LogP contribution in [0.15, 0.2) is 18.7 Å². The van der Waals surface area contributed by atoms with E-state index in [4.69, 9.17) is 9.47 Å². The minimum absolute atomic E-state index is 0.377. The van der Waals surface area contributed by atoms with Gasteiger partial charge in [-0.15, -0.1) is 6.58 Å². The topological polar surface area (TPSA) is 56.3 Å². The highest BCUT2D eigenvalue weighted by molar-refractivity contribution is 5.38. The van der Waals surface area contributed by atoms with Gasteiger partial charge in [0.1, 0.15) is 12.4 Å². The molecule has 0 fully saturated rings. The Morgan fingerprint density at radius 3 is 2.94 bits per heavy atom. The van der Waals surface area contributed by atoms with Crippen LogP contribution in [-0.4, -0.2) is 30.2 Å². The van der Waals surface area contributed by atoms with Gasteiger partial charge >= 0.3 is 0 Å². The number of unbranched alkanes of at least 4 members (excludes halogenated alkanes) is 1. The summed E-state index contributed by atoms with van der Waals surface area (Å²) in [6, 6.07) is 1.80. The van der Waals surface area contributed by atoms with Gasteiger partial charge in [-0.2, -0.15) is 4.98 Å². The first kappa shape index (κ1) is 14.4. The first-order chi connectivity index (χ1) is 8.80. The van der Waals surface area contributed by atoms with E-state index in [0.717, 1.165) is 25.2 Å². The van der Waals surface area contributed by atoms with E-state index >= 15 is 0 Å². The summed E-state index contributed by atoms with van der Waals surface area (Å²) in [5, 5.41) is 3.15. The van der Waals surface area contributed by atoms with Gasteiger partial charge in [0.05, 0.1) is 6.61 Å². The van der Waals surface area contributed by atoms with Crippen molar-refractivity contribution in [1.29, 1.82) is 0 Å². The molecule has 0 amide bonds. The van der Waals surface area contributed by atoms with Crippen molar-refractivity contribution in [3.63, 3.8) is 0 Å². The van der Waals surface area contributed by atoms with Crippen molar-refractivity contribution in [2.45, 2.75) is 26.4 Å². The first-order valence-corrected chi connectivity index (χ1v) is 6.14. The van der Waals surface area contributed by atoms with Crippen molar-refractivity contribution in [1.82, 2.24) is 9.97 Å². The van der Waals surface area contributed by atoms with Gasteiger partial charge in [-0.25, -0.2) is 4.98 Å². The SMILES string of the molecule is C=CCCCOc1cc(NCC)nc(COC)n1. The maximum Gasteiger partial charge on any atom is 0.218 e. The van der Waals surface area contributed by atoms with Crippen LogP contribution in [0.25, 0.3) is 0 Å². The molecule has 1 rings (SSSR count). The lowest BCUT2D eigenvalue weighted by atomic mass is 10.3. The maximum absolute atomic E-state index is 5.59. The Balaban J connectivity index is 2.65. The number of nitrogens with zero attached hydrogens (tertiary/aromatic N) is 2. The van der Waals surface area contributed by atoms with Crippen LogP contribution >= 0.6 is 0 Å². The number of rotatable bonds is 9. The van der Waals surface area contributed by atoms with Gasteiger partial charge in [-0.05, 0) is 19.8 Å². The number of anilines is 1. The average molecular weight is 251 g/mol. The van der Waals surface area contributed by atoms with Gasteiger partial charge in [-0.1, -0.05) is 6.08 Å². The summed E-state index contributed by atoms with van der Waals surface area (Å²) in [5.74, 6) is 1.96. The summed E-state index contributed by atoms with van der Waals surface area (Å²) < 4.78 is 10.6. The lowest BCUT2D eigenvalue weighted by Crippen LogP contribution is -2.07. The summed E-state index contributed by atoms with van der Waals surface area (Å²) in [4.78, 5) is 8.59. The molecule has 0 aliphatic carbocycles. The molecule has 5 heteroatoms. The fourth-order valence-electron chi connectivity index (χ4n) is 1.42. The summed E-state index contributed by atoms with van der Waals surface area (Å²) in [6.45, 7) is 7.50. The molecule has 0 saturated carbocycles. The number of nitrogens with one attached hydrogen (secondary N) is 1. The molecule has 100 valence electrons. The van der Waals surface area contributed by atoms with E-state index in [1.165, 1.54) is 0 Å². The molecule has 0 aliphatic heterocycles. The Bertz CT molecular complexity index is 345. The largest absolute Gasteiger partial charge is 0.478 e. The third-order valence-corrected chi connectivity index (χ3v) is 2.18. The minimum atomic E-state index is 0.377. The first-order valence-electron chi connectivity index (χ1n) is 6.14. The second kappa shape index (κ2) is 8.47. The highest BCUT2D eigenvalue weighted by atomic mass is 16.5. The van der Waals surface area contributed by atoms with E-state index in [9.17, 15) is 0 Å². The molecule has 0 atom stereocenters. The van der Waals surface area contributed by atoms with Gasteiger partial charge < -0.3 is 14.8 Å². The van der Waals surface area contributed by atoms with E-state index in [1.807, 2.05) is 13.0 Å². The molecule has 18 heavy (non-hydrogen) atoms. The number of hydrogen-bond acceptors (Lipinski definition) is 5. The quantitative estimate of drug-likeness (QED) is 0.539. The number of methoxy groups -OCH3 is 1. The van der Waals surface area contributed by atoms with E-state index in [1.54, 1.807) is 13.2 Å². The molecule has 0 aliphatic rings. The summed E-state index contributed by atoms with van der Waals surface area (Å²) in [6.07, 6.45) is 3.75. The Hall–Kier alpha value is -1.62. The van der Waals surface area contributed by atoms with Crippen molar-refractivity contribution in [2.24, 2.45) is 0 Å². The molecule has 1 aromatic rings. The standard InChI is InChI=1S/C13H21N3O2/c1-4-6-7-8-18-13-9-11(14-5-2)15-12(16-13)10-17-3/h4,9H,1,5-8,10H2,2-3H3,(H,14,15,16). The van der Waals surface area contributed by atoms with Crippen LogP contribution in [0.5, 0.6) is 5.88 Å². The van der Waals surface area contributed by atoms with Crippen LogP contribution in [0.2, 0.25) is 0 Å². The molecule has 5 nitrogen and oxygen atoms in total. The van der Waals surface area contributed by atoms with Crippen LogP contribution in [0.4, 0.5) is 5.82 Å². The number of aromatic nitrogens is 2. The number of hydrogen-bond donors (Lipinski definition) is 1. The monoisotopic (exact) mass is 251 g/mol. The van der Waals surface area contributed by atoms with Crippen molar-refractivity contribution in [2.75, 3.05) is 25.6 Å². The van der Waals surface area contributed by atoms with Crippen LogP contribution in [-0.2, 0) is 11.3 Å². The van der Waals surface area contributed by atoms with Crippen molar-refractivity contribution >= 4 is 5.82 Å². The molecule has 1 heterocycles.